The highest BCUT2D eigenvalue weighted by Crippen LogP contribution is 2.51. The van der Waals surface area contributed by atoms with Crippen LogP contribution < -0.4 is 0 Å². The van der Waals surface area contributed by atoms with E-state index in [9.17, 15) is 9.13 Å². The quantitative estimate of drug-likeness (QED) is 0.550. The Balaban J connectivity index is 0.000000504. The van der Waals surface area contributed by atoms with Crippen LogP contribution in [0.4, 0.5) is 0 Å². The standard InChI is InChI=1S/C11H17O3P.C7H9O3P.ClH/c1-3-13-15(12,14-4-2)10-11-8-6-5-7-9-11;8-11(9,10)6-7-4-2-1-3-5-7;/h5-9H,3-4,10H2,1-2H3;1-5H,6H2,(H2,8,9,10);1H. The Bertz CT molecular complexity index is 711. The molecule has 0 spiro atoms. The molecule has 0 fully saturated rings. The van der Waals surface area contributed by atoms with Gasteiger partial charge in [0, 0.05) is 0 Å². The third kappa shape index (κ3) is 12.2. The molecule has 0 bridgehead atoms. The molecule has 0 saturated carbocycles. The van der Waals surface area contributed by atoms with E-state index < -0.39 is 15.2 Å². The van der Waals surface area contributed by atoms with Crippen molar-refractivity contribution in [2.75, 3.05) is 13.2 Å². The molecular formula is C18H27ClO6P2. The number of hydrogen-bond acceptors (Lipinski definition) is 4. The van der Waals surface area contributed by atoms with E-state index in [-0.39, 0.29) is 18.6 Å². The van der Waals surface area contributed by atoms with E-state index in [2.05, 4.69) is 0 Å². The second-order valence-electron chi connectivity index (χ2n) is 5.40. The normalized spacial score (nSPS) is 11.1. The second kappa shape index (κ2) is 13.2. The monoisotopic (exact) mass is 436 g/mol. The van der Waals surface area contributed by atoms with E-state index in [0.29, 0.717) is 24.9 Å². The van der Waals surface area contributed by atoms with Crippen molar-refractivity contribution >= 4 is 27.6 Å². The molecule has 0 radical (unpaired) electrons. The molecule has 0 saturated heterocycles. The summed E-state index contributed by atoms with van der Waals surface area (Å²) in [5, 5.41) is 0. The summed E-state index contributed by atoms with van der Waals surface area (Å²) in [6, 6.07) is 18.3. The Morgan fingerprint density at radius 2 is 1.11 bits per heavy atom. The third-order valence-electron chi connectivity index (χ3n) is 3.10. The van der Waals surface area contributed by atoms with Crippen LogP contribution in [0.2, 0.25) is 0 Å². The number of benzene rings is 2. The molecule has 0 atom stereocenters. The molecule has 0 aliphatic carbocycles. The molecular weight excluding hydrogens is 410 g/mol. The molecule has 2 aromatic rings. The van der Waals surface area contributed by atoms with Crippen LogP contribution in [0, 0.1) is 0 Å². The fourth-order valence-electron chi connectivity index (χ4n) is 2.15. The van der Waals surface area contributed by atoms with Gasteiger partial charge >= 0.3 is 15.2 Å². The minimum Gasteiger partial charge on any atom is -0.324 e. The van der Waals surface area contributed by atoms with Crippen LogP contribution in [-0.4, -0.2) is 23.0 Å². The summed E-state index contributed by atoms with van der Waals surface area (Å²) in [6.45, 7) is 4.45. The smallest absolute Gasteiger partial charge is 0.324 e. The maximum Gasteiger partial charge on any atom is 0.335 e. The minimum absolute atomic E-state index is 0. The van der Waals surface area contributed by atoms with Crippen LogP contribution in [0.5, 0.6) is 0 Å². The molecule has 0 heterocycles. The van der Waals surface area contributed by atoms with Crippen molar-refractivity contribution in [1.29, 1.82) is 0 Å². The highest BCUT2D eigenvalue weighted by atomic mass is 35.5. The van der Waals surface area contributed by atoms with Crippen LogP contribution in [0.15, 0.2) is 60.7 Å². The van der Waals surface area contributed by atoms with Gasteiger partial charge in [-0.2, -0.15) is 0 Å². The Morgan fingerprint density at radius 3 is 1.44 bits per heavy atom. The van der Waals surface area contributed by atoms with E-state index in [1.165, 1.54) is 0 Å². The van der Waals surface area contributed by atoms with E-state index in [4.69, 9.17) is 18.8 Å². The third-order valence-corrected chi connectivity index (χ3v) is 5.93. The highest BCUT2D eigenvalue weighted by molar-refractivity contribution is 7.53. The molecule has 0 unspecified atom stereocenters. The fourth-order valence-corrected chi connectivity index (χ4v) is 4.54. The molecule has 2 aromatic carbocycles. The van der Waals surface area contributed by atoms with Gasteiger partial charge in [-0.3, -0.25) is 9.13 Å². The van der Waals surface area contributed by atoms with Crippen molar-refractivity contribution in [2.45, 2.75) is 26.2 Å². The zero-order valence-electron chi connectivity index (χ0n) is 15.4. The average molecular weight is 437 g/mol. The SMILES string of the molecule is CCOP(=O)(Cc1ccccc1)OCC.Cl.O=P(O)(O)Cc1ccccc1. The van der Waals surface area contributed by atoms with Crippen LogP contribution >= 0.6 is 27.6 Å². The largest absolute Gasteiger partial charge is 0.335 e. The summed E-state index contributed by atoms with van der Waals surface area (Å²) in [6.07, 6.45) is 0.170. The van der Waals surface area contributed by atoms with E-state index in [1.807, 2.05) is 50.2 Å². The molecule has 9 heteroatoms. The van der Waals surface area contributed by atoms with Gasteiger partial charge < -0.3 is 18.8 Å². The Hall–Kier alpha value is -0.970. The topological polar surface area (TPSA) is 93.1 Å². The number of halogens is 1. The van der Waals surface area contributed by atoms with Gasteiger partial charge in [-0.15, -0.1) is 12.4 Å². The summed E-state index contributed by atoms with van der Waals surface area (Å²) in [7, 11) is -6.83. The van der Waals surface area contributed by atoms with Gasteiger partial charge in [-0.1, -0.05) is 60.7 Å². The zero-order chi connectivity index (χ0) is 19.5. The van der Waals surface area contributed by atoms with Crippen LogP contribution in [0.3, 0.4) is 0 Å². The Kier molecular flexibility index (Phi) is 12.8. The van der Waals surface area contributed by atoms with Crippen molar-refractivity contribution in [3.63, 3.8) is 0 Å². The van der Waals surface area contributed by atoms with Crippen LogP contribution in [0.1, 0.15) is 25.0 Å². The Labute approximate surface area is 167 Å². The molecule has 2 rings (SSSR count). The van der Waals surface area contributed by atoms with Crippen molar-refractivity contribution in [3.8, 4) is 0 Å². The molecule has 0 aromatic heterocycles. The van der Waals surface area contributed by atoms with E-state index in [0.717, 1.165) is 5.56 Å². The van der Waals surface area contributed by atoms with Crippen LogP contribution in [-0.2, 0) is 30.5 Å². The molecule has 27 heavy (non-hydrogen) atoms. The van der Waals surface area contributed by atoms with Gasteiger partial charge in [-0.25, -0.2) is 0 Å². The summed E-state index contributed by atoms with van der Waals surface area (Å²) >= 11 is 0. The first kappa shape index (κ1) is 26.0. The van der Waals surface area contributed by atoms with E-state index >= 15 is 0 Å². The molecule has 0 amide bonds. The van der Waals surface area contributed by atoms with Crippen molar-refractivity contribution in [3.05, 3.63) is 71.8 Å². The summed E-state index contributed by atoms with van der Waals surface area (Å²) < 4.78 is 33.0. The van der Waals surface area contributed by atoms with Gasteiger partial charge in [0.05, 0.1) is 25.5 Å². The molecule has 0 aliphatic rings. The highest BCUT2D eigenvalue weighted by Gasteiger charge is 2.23. The van der Waals surface area contributed by atoms with Gasteiger partial charge in [0.2, 0.25) is 0 Å². The van der Waals surface area contributed by atoms with Crippen molar-refractivity contribution < 1.29 is 28.0 Å². The average Bonchev–Trinajstić information content (AvgIpc) is 2.56. The van der Waals surface area contributed by atoms with Gasteiger partial charge in [0.25, 0.3) is 0 Å². The maximum absolute atomic E-state index is 12.1. The summed E-state index contributed by atoms with van der Waals surface area (Å²) in [5.41, 5.74) is 1.64. The first-order valence-corrected chi connectivity index (χ1v) is 11.8. The van der Waals surface area contributed by atoms with E-state index in [1.54, 1.807) is 24.3 Å². The Morgan fingerprint density at radius 1 is 0.741 bits per heavy atom. The predicted octanol–water partition coefficient (Wildman–Crippen LogP) is 5.24. The van der Waals surface area contributed by atoms with Crippen molar-refractivity contribution in [1.82, 2.24) is 0 Å². The first-order valence-electron chi connectivity index (χ1n) is 8.28. The first-order chi connectivity index (χ1) is 12.3. The number of hydrogen-bond donors (Lipinski definition) is 2. The zero-order valence-corrected chi connectivity index (χ0v) is 18.0. The molecule has 2 N–H and O–H groups in total. The molecule has 152 valence electrons. The predicted molar refractivity (Wildman–Crippen MR) is 110 cm³/mol. The lowest BCUT2D eigenvalue weighted by Crippen LogP contribution is -1.98. The van der Waals surface area contributed by atoms with Crippen molar-refractivity contribution in [2.24, 2.45) is 0 Å². The lowest BCUT2D eigenvalue weighted by Gasteiger charge is -2.16. The molecule has 0 aliphatic heterocycles. The van der Waals surface area contributed by atoms with Gasteiger partial charge in [0.1, 0.15) is 0 Å². The summed E-state index contributed by atoms with van der Waals surface area (Å²) in [4.78, 5) is 17.2. The van der Waals surface area contributed by atoms with Gasteiger partial charge in [-0.05, 0) is 25.0 Å². The second-order valence-corrected chi connectivity index (χ2v) is 9.10. The lowest BCUT2D eigenvalue weighted by molar-refractivity contribution is 0.219. The maximum atomic E-state index is 12.1. The summed E-state index contributed by atoms with van der Waals surface area (Å²) in [5.74, 6) is 0. The van der Waals surface area contributed by atoms with Gasteiger partial charge in [0.15, 0.2) is 0 Å². The van der Waals surface area contributed by atoms with Crippen LogP contribution in [0.25, 0.3) is 0 Å². The molecule has 6 nitrogen and oxygen atoms in total. The minimum atomic E-state index is -3.89. The fraction of sp³-hybridized carbons (Fsp3) is 0.333. The lowest BCUT2D eigenvalue weighted by atomic mass is 10.2. The number of rotatable bonds is 8.